The first kappa shape index (κ1) is 11.0. The molecular weight excluding hydrogens is 214 g/mol. The minimum atomic E-state index is 0.450. The molecule has 2 aliphatic rings. The van der Waals surface area contributed by atoms with Crippen LogP contribution in [0.4, 0.5) is 5.82 Å². The quantitative estimate of drug-likeness (QED) is 0.869. The zero-order chi connectivity index (χ0) is 11.9. The summed E-state index contributed by atoms with van der Waals surface area (Å²) in [4.78, 5) is 8.56. The Kier molecular flexibility index (Phi) is 2.54. The van der Waals surface area contributed by atoms with Gasteiger partial charge < -0.3 is 10.1 Å². The maximum Gasteiger partial charge on any atom is 0.129 e. The van der Waals surface area contributed by atoms with Crippen molar-refractivity contribution in [2.24, 2.45) is 5.41 Å². The van der Waals surface area contributed by atoms with Crippen LogP contribution in [-0.4, -0.2) is 29.2 Å². The highest BCUT2D eigenvalue weighted by Gasteiger charge is 2.49. The SMILES string of the molecule is CC(C)c1cc(NC2CC3(COC3)C2)ncn1. The zero-order valence-corrected chi connectivity index (χ0v) is 10.4. The van der Waals surface area contributed by atoms with E-state index in [-0.39, 0.29) is 0 Å². The molecule has 2 fully saturated rings. The van der Waals surface area contributed by atoms with Crippen LogP contribution < -0.4 is 5.32 Å². The molecule has 1 spiro atoms. The molecule has 0 aromatic carbocycles. The Balaban J connectivity index is 1.60. The predicted octanol–water partition coefficient (Wildman–Crippen LogP) is 2.19. The third-order valence-corrected chi connectivity index (χ3v) is 3.81. The smallest absolute Gasteiger partial charge is 0.129 e. The fourth-order valence-electron chi connectivity index (χ4n) is 2.69. The van der Waals surface area contributed by atoms with Gasteiger partial charge in [0.05, 0.1) is 13.2 Å². The van der Waals surface area contributed by atoms with Gasteiger partial charge >= 0.3 is 0 Å². The van der Waals surface area contributed by atoms with Gasteiger partial charge in [-0.15, -0.1) is 0 Å². The number of rotatable bonds is 3. The summed E-state index contributed by atoms with van der Waals surface area (Å²) in [6, 6.07) is 2.63. The largest absolute Gasteiger partial charge is 0.380 e. The molecule has 1 saturated heterocycles. The second kappa shape index (κ2) is 3.95. The van der Waals surface area contributed by atoms with Gasteiger partial charge in [-0.2, -0.15) is 0 Å². The summed E-state index contributed by atoms with van der Waals surface area (Å²) in [5, 5.41) is 3.49. The fraction of sp³-hybridized carbons (Fsp3) is 0.692. The van der Waals surface area contributed by atoms with Crippen molar-refractivity contribution < 1.29 is 4.74 Å². The number of nitrogens with zero attached hydrogens (tertiary/aromatic N) is 2. The fourth-order valence-corrected chi connectivity index (χ4v) is 2.69. The molecule has 1 N–H and O–H groups in total. The van der Waals surface area contributed by atoms with E-state index in [1.165, 1.54) is 12.8 Å². The van der Waals surface area contributed by atoms with Crippen molar-refractivity contribution in [1.29, 1.82) is 0 Å². The van der Waals surface area contributed by atoms with Crippen LogP contribution in [0.25, 0.3) is 0 Å². The molecule has 1 aliphatic heterocycles. The summed E-state index contributed by atoms with van der Waals surface area (Å²) in [6.07, 6.45) is 4.08. The van der Waals surface area contributed by atoms with Gasteiger partial charge in [-0.25, -0.2) is 9.97 Å². The van der Waals surface area contributed by atoms with Crippen molar-refractivity contribution in [3.8, 4) is 0 Å². The normalized spacial score (nSPS) is 22.3. The van der Waals surface area contributed by atoms with E-state index in [2.05, 4.69) is 35.2 Å². The Morgan fingerprint density at radius 2 is 2.12 bits per heavy atom. The summed E-state index contributed by atoms with van der Waals surface area (Å²) in [5.41, 5.74) is 1.61. The van der Waals surface area contributed by atoms with Gasteiger partial charge in [0.2, 0.25) is 0 Å². The number of hydrogen-bond acceptors (Lipinski definition) is 4. The van der Waals surface area contributed by atoms with Gasteiger partial charge in [-0.1, -0.05) is 13.8 Å². The lowest BCUT2D eigenvalue weighted by atomic mass is 9.64. The molecule has 2 heterocycles. The minimum absolute atomic E-state index is 0.450. The third-order valence-electron chi connectivity index (χ3n) is 3.81. The van der Waals surface area contributed by atoms with E-state index in [1.54, 1.807) is 6.33 Å². The molecule has 0 bridgehead atoms. The van der Waals surface area contributed by atoms with Gasteiger partial charge in [-0.05, 0) is 18.8 Å². The van der Waals surface area contributed by atoms with E-state index >= 15 is 0 Å². The number of hydrogen-bond donors (Lipinski definition) is 1. The number of nitrogens with one attached hydrogen (secondary N) is 1. The van der Waals surface area contributed by atoms with E-state index in [0.717, 1.165) is 24.7 Å². The first-order valence-electron chi connectivity index (χ1n) is 6.33. The molecule has 0 amide bonds. The van der Waals surface area contributed by atoms with E-state index in [1.807, 2.05) is 0 Å². The third kappa shape index (κ3) is 2.02. The van der Waals surface area contributed by atoms with Gasteiger partial charge in [0.25, 0.3) is 0 Å². The van der Waals surface area contributed by atoms with Crippen molar-refractivity contribution in [3.05, 3.63) is 18.1 Å². The minimum Gasteiger partial charge on any atom is -0.380 e. The highest BCUT2D eigenvalue weighted by atomic mass is 16.5. The molecule has 0 radical (unpaired) electrons. The summed E-state index contributed by atoms with van der Waals surface area (Å²) in [5.74, 6) is 1.41. The maximum absolute atomic E-state index is 5.28. The lowest BCUT2D eigenvalue weighted by Crippen LogP contribution is -2.56. The highest BCUT2D eigenvalue weighted by molar-refractivity contribution is 5.38. The van der Waals surface area contributed by atoms with Crippen LogP contribution in [0.15, 0.2) is 12.4 Å². The molecule has 17 heavy (non-hydrogen) atoms. The zero-order valence-electron chi connectivity index (χ0n) is 10.4. The monoisotopic (exact) mass is 233 g/mol. The summed E-state index contributed by atoms with van der Waals surface area (Å²) >= 11 is 0. The van der Waals surface area contributed by atoms with Gasteiger partial charge in [0.15, 0.2) is 0 Å². The van der Waals surface area contributed by atoms with Crippen LogP contribution in [-0.2, 0) is 4.74 Å². The lowest BCUT2D eigenvalue weighted by molar-refractivity contribution is -0.159. The van der Waals surface area contributed by atoms with E-state index < -0.39 is 0 Å². The Bertz CT molecular complexity index is 407. The topological polar surface area (TPSA) is 47.0 Å². The van der Waals surface area contributed by atoms with Crippen LogP contribution in [0.2, 0.25) is 0 Å². The molecule has 4 nitrogen and oxygen atoms in total. The molecular formula is C13H19N3O. The molecule has 92 valence electrons. The average molecular weight is 233 g/mol. The van der Waals surface area contributed by atoms with Crippen LogP contribution in [0.3, 0.4) is 0 Å². The van der Waals surface area contributed by atoms with Crippen molar-refractivity contribution in [2.75, 3.05) is 18.5 Å². The molecule has 1 saturated carbocycles. The average Bonchev–Trinajstić information content (AvgIpc) is 2.20. The maximum atomic E-state index is 5.28. The second-order valence-electron chi connectivity index (χ2n) is 5.73. The molecule has 1 aromatic heterocycles. The van der Waals surface area contributed by atoms with Crippen LogP contribution in [0, 0.1) is 5.41 Å². The first-order chi connectivity index (χ1) is 8.17. The number of ether oxygens (including phenoxy) is 1. The second-order valence-corrected chi connectivity index (χ2v) is 5.73. The van der Waals surface area contributed by atoms with Crippen molar-refractivity contribution in [2.45, 2.75) is 38.6 Å². The summed E-state index contributed by atoms with van der Waals surface area (Å²) in [6.45, 7) is 6.20. The Labute approximate surface area is 102 Å². The van der Waals surface area contributed by atoms with E-state index in [0.29, 0.717) is 17.4 Å². The molecule has 1 aliphatic carbocycles. The Morgan fingerprint density at radius 3 is 2.71 bits per heavy atom. The van der Waals surface area contributed by atoms with E-state index in [4.69, 9.17) is 4.74 Å². The van der Waals surface area contributed by atoms with Gasteiger partial charge in [0, 0.05) is 23.2 Å². The van der Waals surface area contributed by atoms with E-state index in [9.17, 15) is 0 Å². The number of aromatic nitrogens is 2. The van der Waals surface area contributed by atoms with Crippen LogP contribution in [0.1, 0.15) is 38.3 Å². The van der Waals surface area contributed by atoms with Crippen LogP contribution in [0.5, 0.6) is 0 Å². The molecule has 4 heteroatoms. The lowest BCUT2D eigenvalue weighted by Gasteiger charge is -2.53. The Hall–Kier alpha value is -1.16. The summed E-state index contributed by atoms with van der Waals surface area (Å²) < 4.78 is 5.28. The van der Waals surface area contributed by atoms with Crippen molar-refractivity contribution in [1.82, 2.24) is 9.97 Å². The molecule has 0 unspecified atom stereocenters. The highest BCUT2D eigenvalue weighted by Crippen LogP contribution is 2.47. The molecule has 3 rings (SSSR count). The first-order valence-corrected chi connectivity index (χ1v) is 6.33. The standard InChI is InChI=1S/C13H19N3O/c1-9(2)11-3-12(15-8-14-11)16-10-4-13(5-10)6-17-7-13/h3,8-10H,4-7H2,1-2H3,(H,14,15,16). The summed E-state index contributed by atoms with van der Waals surface area (Å²) in [7, 11) is 0. The number of anilines is 1. The van der Waals surface area contributed by atoms with Crippen molar-refractivity contribution in [3.63, 3.8) is 0 Å². The van der Waals surface area contributed by atoms with Crippen LogP contribution >= 0.6 is 0 Å². The molecule has 0 atom stereocenters. The predicted molar refractivity (Wildman–Crippen MR) is 66.0 cm³/mol. The molecule has 1 aromatic rings. The Morgan fingerprint density at radius 1 is 1.35 bits per heavy atom. The van der Waals surface area contributed by atoms with Crippen molar-refractivity contribution >= 4 is 5.82 Å². The van der Waals surface area contributed by atoms with Gasteiger partial charge in [-0.3, -0.25) is 0 Å². The van der Waals surface area contributed by atoms with Gasteiger partial charge in [0.1, 0.15) is 12.1 Å².